The molecule has 1 aromatic rings. The first kappa shape index (κ1) is 15.3. The highest BCUT2D eigenvalue weighted by atomic mass is 35.5. The van der Waals surface area contributed by atoms with Crippen molar-refractivity contribution in [3.8, 4) is 0 Å². The van der Waals surface area contributed by atoms with E-state index < -0.39 is 0 Å². The van der Waals surface area contributed by atoms with E-state index in [4.69, 9.17) is 16.3 Å². The molecule has 2 heterocycles. The molecule has 116 valence electrons. The van der Waals surface area contributed by atoms with Gasteiger partial charge in [0.25, 0.3) is 0 Å². The van der Waals surface area contributed by atoms with Gasteiger partial charge in [0, 0.05) is 49.6 Å². The Morgan fingerprint density at radius 1 is 1.38 bits per heavy atom. The maximum Gasteiger partial charge on any atom is 0.0509 e. The van der Waals surface area contributed by atoms with E-state index in [0.29, 0.717) is 11.3 Å². The zero-order valence-electron chi connectivity index (χ0n) is 13.0. The number of halogens is 1. The molecule has 0 aliphatic carbocycles. The second kappa shape index (κ2) is 6.25. The van der Waals surface area contributed by atoms with Gasteiger partial charge in [0.15, 0.2) is 0 Å². The monoisotopic (exact) mass is 308 g/mol. The number of likely N-dealkylation sites (tertiary alicyclic amines) is 2. The summed E-state index contributed by atoms with van der Waals surface area (Å²) >= 11 is 6.09. The van der Waals surface area contributed by atoms with Crippen molar-refractivity contribution in [3.63, 3.8) is 0 Å². The molecule has 2 aliphatic heterocycles. The zero-order chi connectivity index (χ0) is 14.9. The second-order valence-electron chi connectivity index (χ2n) is 6.80. The summed E-state index contributed by atoms with van der Waals surface area (Å²) in [4.78, 5) is 5.04. The molecule has 3 rings (SSSR count). The van der Waals surface area contributed by atoms with Crippen LogP contribution in [0.25, 0.3) is 0 Å². The molecule has 2 fully saturated rings. The highest BCUT2D eigenvalue weighted by molar-refractivity contribution is 6.30. The number of nitrogens with zero attached hydrogens (tertiary/aromatic N) is 2. The molecule has 0 aromatic heterocycles. The fourth-order valence-electron chi connectivity index (χ4n) is 4.21. The molecule has 0 bridgehead atoms. The number of benzene rings is 1. The first-order valence-electron chi connectivity index (χ1n) is 7.76. The van der Waals surface area contributed by atoms with Crippen molar-refractivity contribution in [1.82, 2.24) is 9.80 Å². The summed E-state index contributed by atoms with van der Waals surface area (Å²) in [5, 5.41) is 0.833. The van der Waals surface area contributed by atoms with E-state index in [1.165, 1.54) is 38.2 Å². The van der Waals surface area contributed by atoms with Crippen molar-refractivity contribution in [3.05, 3.63) is 34.9 Å². The predicted molar refractivity (Wildman–Crippen MR) is 86.6 cm³/mol. The third-order valence-electron chi connectivity index (χ3n) is 5.11. The molecule has 0 radical (unpaired) electrons. The van der Waals surface area contributed by atoms with Crippen LogP contribution in [-0.2, 0) is 11.3 Å². The average Bonchev–Trinajstić information content (AvgIpc) is 2.95. The van der Waals surface area contributed by atoms with Gasteiger partial charge in [-0.15, -0.1) is 0 Å². The summed E-state index contributed by atoms with van der Waals surface area (Å²) in [5.74, 6) is 0.664. The van der Waals surface area contributed by atoms with Gasteiger partial charge in [0.05, 0.1) is 6.61 Å². The summed E-state index contributed by atoms with van der Waals surface area (Å²) in [5.41, 5.74) is 1.73. The van der Waals surface area contributed by atoms with E-state index >= 15 is 0 Å². The zero-order valence-corrected chi connectivity index (χ0v) is 13.8. The molecule has 2 aliphatic rings. The Hall–Kier alpha value is -0.610. The minimum absolute atomic E-state index is 0.420. The van der Waals surface area contributed by atoms with Crippen LogP contribution in [0.1, 0.15) is 12.0 Å². The molecule has 0 saturated carbocycles. The van der Waals surface area contributed by atoms with Gasteiger partial charge < -0.3 is 9.64 Å². The van der Waals surface area contributed by atoms with E-state index in [2.05, 4.69) is 29.0 Å². The molecule has 1 spiro atoms. The first-order valence-corrected chi connectivity index (χ1v) is 8.13. The normalized spacial score (nSPS) is 30.5. The number of ether oxygens (including phenoxy) is 1. The standard InChI is InChI=1S/C17H25ClN2O/c1-19-10-15(11-21-2)17(12-19)6-7-20(13-17)9-14-4-3-5-16(18)8-14/h3-5,8,15H,6-7,9-13H2,1-2H3/t15-,17+/m1/s1. The maximum atomic E-state index is 6.09. The summed E-state index contributed by atoms with van der Waals surface area (Å²) in [6.07, 6.45) is 1.28. The molecule has 2 atom stereocenters. The molecule has 0 N–H and O–H groups in total. The van der Waals surface area contributed by atoms with E-state index in [9.17, 15) is 0 Å². The minimum atomic E-state index is 0.420. The minimum Gasteiger partial charge on any atom is -0.384 e. The van der Waals surface area contributed by atoms with Crippen LogP contribution in [0, 0.1) is 11.3 Å². The van der Waals surface area contributed by atoms with Crippen LogP contribution in [-0.4, -0.2) is 56.7 Å². The predicted octanol–water partition coefficient (Wildman–Crippen LogP) is 2.74. The van der Waals surface area contributed by atoms with E-state index in [1.807, 2.05) is 19.2 Å². The lowest BCUT2D eigenvalue weighted by molar-refractivity contribution is 0.0959. The summed E-state index contributed by atoms with van der Waals surface area (Å²) in [7, 11) is 4.06. The quantitative estimate of drug-likeness (QED) is 0.850. The second-order valence-corrected chi connectivity index (χ2v) is 7.24. The van der Waals surface area contributed by atoms with Crippen LogP contribution in [0.3, 0.4) is 0 Å². The smallest absolute Gasteiger partial charge is 0.0509 e. The number of rotatable bonds is 4. The maximum absolute atomic E-state index is 6.09. The Morgan fingerprint density at radius 3 is 3.00 bits per heavy atom. The highest BCUT2D eigenvalue weighted by Gasteiger charge is 2.49. The SMILES string of the molecule is COC[C@H]1CN(C)C[C@]12CCN(Cc1cccc(Cl)c1)C2. The Morgan fingerprint density at radius 2 is 2.24 bits per heavy atom. The van der Waals surface area contributed by atoms with Crippen LogP contribution < -0.4 is 0 Å². The summed E-state index contributed by atoms with van der Waals surface area (Å²) in [6, 6.07) is 8.24. The molecule has 2 saturated heterocycles. The van der Waals surface area contributed by atoms with Gasteiger partial charge in [-0.05, 0) is 37.7 Å². The summed E-state index contributed by atoms with van der Waals surface area (Å²) in [6.45, 7) is 6.62. The summed E-state index contributed by atoms with van der Waals surface area (Å²) < 4.78 is 5.47. The molecule has 1 aromatic carbocycles. The molecule has 21 heavy (non-hydrogen) atoms. The van der Waals surface area contributed by atoms with Crippen molar-refractivity contribution < 1.29 is 4.74 Å². The Balaban J connectivity index is 1.67. The van der Waals surface area contributed by atoms with Gasteiger partial charge in [0.1, 0.15) is 0 Å². The molecule has 0 amide bonds. The molecule has 0 unspecified atom stereocenters. The third kappa shape index (κ3) is 3.26. The van der Waals surface area contributed by atoms with Crippen molar-refractivity contribution in [1.29, 1.82) is 0 Å². The number of methoxy groups -OCH3 is 1. The lowest BCUT2D eigenvalue weighted by Gasteiger charge is -2.30. The van der Waals surface area contributed by atoms with Crippen LogP contribution in [0.5, 0.6) is 0 Å². The van der Waals surface area contributed by atoms with Crippen LogP contribution in [0.15, 0.2) is 24.3 Å². The van der Waals surface area contributed by atoms with Gasteiger partial charge in [0.2, 0.25) is 0 Å². The van der Waals surface area contributed by atoms with Gasteiger partial charge in [-0.2, -0.15) is 0 Å². The molecule has 4 heteroatoms. The average molecular weight is 309 g/mol. The third-order valence-corrected chi connectivity index (χ3v) is 5.35. The van der Waals surface area contributed by atoms with E-state index in [-0.39, 0.29) is 0 Å². The fourth-order valence-corrected chi connectivity index (χ4v) is 4.42. The molecular formula is C17H25ClN2O. The fraction of sp³-hybridized carbons (Fsp3) is 0.647. The molecule has 3 nitrogen and oxygen atoms in total. The largest absolute Gasteiger partial charge is 0.384 e. The Labute approximate surface area is 132 Å². The first-order chi connectivity index (χ1) is 10.1. The van der Waals surface area contributed by atoms with E-state index in [0.717, 1.165) is 18.2 Å². The Kier molecular flexibility index (Phi) is 4.55. The van der Waals surface area contributed by atoms with Crippen molar-refractivity contribution >= 4 is 11.6 Å². The Bertz CT molecular complexity index is 495. The van der Waals surface area contributed by atoms with E-state index in [1.54, 1.807) is 0 Å². The topological polar surface area (TPSA) is 15.7 Å². The molecular weight excluding hydrogens is 284 g/mol. The lowest BCUT2D eigenvalue weighted by atomic mass is 9.78. The number of hydrogen-bond acceptors (Lipinski definition) is 3. The highest BCUT2D eigenvalue weighted by Crippen LogP contribution is 2.43. The van der Waals surface area contributed by atoms with Gasteiger partial charge >= 0.3 is 0 Å². The van der Waals surface area contributed by atoms with Gasteiger partial charge in [-0.1, -0.05) is 23.7 Å². The van der Waals surface area contributed by atoms with Crippen molar-refractivity contribution in [2.24, 2.45) is 11.3 Å². The van der Waals surface area contributed by atoms with Crippen LogP contribution in [0.4, 0.5) is 0 Å². The van der Waals surface area contributed by atoms with Crippen LogP contribution >= 0.6 is 11.6 Å². The van der Waals surface area contributed by atoms with Crippen molar-refractivity contribution in [2.75, 3.05) is 46.9 Å². The van der Waals surface area contributed by atoms with Crippen LogP contribution in [0.2, 0.25) is 5.02 Å². The van der Waals surface area contributed by atoms with Gasteiger partial charge in [-0.25, -0.2) is 0 Å². The lowest BCUT2D eigenvalue weighted by Crippen LogP contribution is -2.36. The number of hydrogen-bond donors (Lipinski definition) is 0. The van der Waals surface area contributed by atoms with Crippen molar-refractivity contribution in [2.45, 2.75) is 13.0 Å². The van der Waals surface area contributed by atoms with Gasteiger partial charge in [-0.3, -0.25) is 4.90 Å².